The summed E-state index contributed by atoms with van der Waals surface area (Å²) in [6, 6.07) is -0.00870. The molecule has 0 aromatic rings. The Labute approximate surface area is 83.3 Å². The van der Waals surface area contributed by atoms with Crippen LogP contribution in [0.4, 0.5) is 4.79 Å². The van der Waals surface area contributed by atoms with Crippen LogP contribution in [0.5, 0.6) is 0 Å². The van der Waals surface area contributed by atoms with Gasteiger partial charge in [-0.25, -0.2) is 14.6 Å². The molecule has 6 nitrogen and oxygen atoms in total. The first-order chi connectivity index (χ1) is 6.46. The van der Waals surface area contributed by atoms with Crippen LogP contribution in [0.25, 0.3) is 0 Å². The zero-order valence-electron chi connectivity index (χ0n) is 8.88. The van der Waals surface area contributed by atoms with Gasteiger partial charge in [-0.2, -0.15) is 0 Å². The van der Waals surface area contributed by atoms with E-state index >= 15 is 0 Å². The lowest BCUT2D eigenvalue weighted by Crippen LogP contribution is -2.45. The molecule has 0 bridgehead atoms. The van der Waals surface area contributed by atoms with E-state index in [1.54, 1.807) is 33.7 Å². The maximum absolute atomic E-state index is 11.6. The van der Waals surface area contributed by atoms with Crippen molar-refractivity contribution >= 4 is 6.03 Å². The van der Waals surface area contributed by atoms with Crippen molar-refractivity contribution in [1.29, 1.82) is 0 Å². The van der Waals surface area contributed by atoms with Gasteiger partial charge in [-0.3, -0.25) is 0 Å². The van der Waals surface area contributed by atoms with E-state index < -0.39 is 6.35 Å². The molecule has 2 unspecified atom stereocenters. The lowest BCUT2D eigenvalue weighted by molar-refractivity contribution is -0.0638. The number of nitrogens with zero attached hydrogens (tertiary/aromatic N) is 4. The van der Waals surface area contributed by atoms with Crippen molar-refractivity contribution < 1.29 is 9.90 Å². The van der Waals surface area contributed by atoms with Gasteiger partial charge in [0.2, 0.25) is 0 Å². The maximum Gasteiger partial charge on any atom is 0.322 e. The third kappa shape index (κ3) is 0.930. The highest BCUT2D eigenvalue weighted by molar-refractivity contribution is 5.77. The number of carbonyl (C=O) groups is 1. The molecule has 2 rings (SSSR count). The predicted molar refractivity (Wildman–Crippen MR) is 50.0 cm³/mol. The second kappa shape index (κ2) is 2.82. The maximum atomic E-state index is 11.6. The van der Waals surface area contributed by atoms with Gasteiger partial charge in [0.05, 0.1) is 0 Å². The lowest BCUT2D eigenvalue weighted by Gasteiger charge is -2.27. The molecule has 2 heterocycles. The van der Waals surface area contributed by atoms with Gasteiger partial charge < -0.3 is 14.9 Å². The van der Waals surface area contributed by atoms with Gasteiger partial charge in [0.25, 0.3) is 0 Å². The van der Waals surface area contributed by atoms with E-state index in [9.17, 15) is 9.90 Å². The van der Waals surface area contributed by atoms with Crippen LogP contribution in [0.15, 0.2) is 0 Å². The minimum Gasteiger partial charge on any atom is -0.365 e. The van der Waals surface area contributed by atoms with Crippen LogP contribution in [-0.4, -0.2) is 77.6 Å². The summed E-state index contributed by atoms with van der Waals surface area (Å²) in [5.41, 5.74) is 0. The Bertz CT molecular complexity index is 248. The van der Waals surface area contributed by atoms with Gasteiger partial charge >= 0.3 is 6.03 Å². The molecular weight excluding hydrogens is 184 g/mol. The molecule has 2 aliphatic heterocycles. The fourth-order valence-electron chi connectivity index (χ4n) is 2.40. The second-order valence-corrected chi connectivity index (χ2v) is 4.01. The van der Waals surface area contributed by atoms with Crippen LogP contribution in [0, 0.1) is 0 Å². The number of likely N-dealkylation sites (N-methyl/N-ethyl adjacent to an activating group) is 4. The van der Waals surface area contributed by atoms with Crippen LogP contribution in [0.1, 0.15) is 0 Å². The van der Waals surface area contributed by atoms with E-state index in [-0.39, 0.29) is 18.4 Å². The van der Waals surface area contributed by atoms with Crippen LogP contribution in [-0.2, 0) is 0 Å². The Kier molecular flexibility index (Phi) is 1.95. The number of amides is 2. The molecule has 6 heteroatoms. The van der Waals surface area contributed by atoms with Crippen LogP contribution in [0.2, 0.25) is 0 Å². The smallest absolute Gasteiger partial charge is 0.322 e. The molecule has 80 valence electrons. The van der Waals surface area contributed by atoms with E-state index in [1.807, 2.05) is 14.1 Å². The predicted octanol–water partition coefficient (Wildman–Crippen LogP) is -1.21. The quantitative estimate of drug-likeness (QED) is 0.533. The van der Waals surface area contributed by atoms with E-state index in [0.29, 0.717) is 0 Å². The first kappa shape index (κ1) is 9.70. The van der Waals surface area contributed by atoms with Crippen molar-refractivity contribution in [2.75, 3.05) is 28.2 Å². The van der Waals surface area contributed by atoms with Crippen LogP contribution < -0.4 is 0 Å². The van der Waals surface area contributed by atoms with Crippen molar-refractivity contribution in [2.24, 2.45) is 0 Å². The number of urea groups is 1. The van der Waals surface area contributed by atoms with E-state index in [0.717, 1.165) is 0 Å². The van der Waals surface area contributed by atoms with Gasteiger partial charge in [0.1, 0.15) is 12.3 Å². The summed E-state index contributed by atoms with van der Waals surface area (Å²) in [7, 11) is 7.14. The third-order valence-electron chi connectivity index (χ3n) is 3.23. The number of aliphatic hydroxyl groups is 1. The lowest BCUT2D eigenvalue weighted by atomic mass is 10.4. The highest BCUT2D eigenvalue weighted by atomic mass is 16.3. The molecule has 0 spiro atoms. The molecule has 0 aromatic carbocycles. The number of fused-ring (bicyclic) bond motifs is 1. The standard InChI is InChI=1S/C8H16N4O2/c1-9-5-6(11(3)7(9)13)12(4)8(14)10(5)2/h5-7,13H,1-4H3. The summed E-state index contributed by atoms with van der Waals surface area (Å²) in [5.74, 6) is 0. The minimum absolute atomic E-state index is 0.00870. The Hall–Kier alpha value is -0.850. The molecule has 0 aliphatic carbocycles. The largest absolute Gasteiger partial charge is 0.365 e. The van der Waals surface area contributed by atoms with E-state index in [4.69, 9.17) is 0 Å². The van der Waals surface area contributed by atoms with Crippen LogP contribution >= 0.6 is 0 Å². The highest BCUT2D eigenvalue weighted by Crippen LogP contribution is 2.31. The third-order valence-corrected chi connectivity index (χ3v) is 3.23. The summed E-state index contributed by atoms with van der Waals surface area (Å²) in [4.78, 5) is 18.5. The Morgan fingerprint density at radius 1 is 1.00 bits per heavy atom. The molecule has 2 saturated heterocycles. The Balaban J connectivity index is 2.34. The van der Waals surface area contributed by atoms with Crippen molar-refractivity contribution in [1.82, 2.24) is 19.6 Å². The minimum atomic E-state index is -0.622. The first-order valence-corrected chi connectivity index (χ1v) is 4.58. The summed E-state index contributed by atoms with van der Waals surface area (Å²) in [5, 5.41) is 9.78. The number of rotatable bonds is 0. The van der Waals surface area contributed by atoms with Crippen molar-refractivity contribution in [3.63, 3.8) is 0 Å². The summed E-state index contributed by atoms with van der Waals surface area (Å²) in [6.07, 6.45) is -0.747. The molecule has 2 fully saturated rings. The molecule has 2 amide bonds. The number of hydrogen-bond donors (Lipinski definition) is 1. The second-order valence-electron chi connectivity index (χ2n) is 4.01. The molecule has 0 saturated carbocycles. The molecule has 1 N–H and O–H groups in total. The average molecular weight is 200 g/mol. The average Bonchev–Trinajstić information content (AvgIpc) is 2.51. The van der Waals surface area contributed by atoms with Gasteiger partial charge in [0, 0.05) is 14.1 Å². The van der Waals surface area contributed by atoms with Gasteiger partial charge in [0.15, 0.2) is 6.35 Å². The SMILES string of the molecule is CN1C(=O)N(C)C2C1N(C)C(O)N2C. The molecule has 0 aromatic heterocycles. The molecule has 14 heavy (non-hydrogen) atoms. The number of aliphatic hydroxyl groups excluding tert-OH is 1. The Morgan fingerprint density at radius 3 is 1.71 bits per heavy atom. The van der Waals surface area contributed by atoms with E-state index in [1.165, 1.54) is 0 Å². The monoisotopic (exact) mass is 200 g/mol. The van der Waals surface area contributed by atoms with Crippen LogP contribution in [0.3, 0.4) is 0 Å². The first-order valence-electron chi connectivity index (χ1n) is 4.58. The van der Waals surface area contributed by atoms with Gasteiger partial charge in [-0.1, -0.05) is 0 Å². The number of hydrogen-bond acceptors (Lipinski definition) is 4. The fourth-order valence-corrected chi connectivity index (χ4v) is 2.40. The summed E-state index contributed by atoms with van der Waals surface area (Å²) >= 11 is 0. The summed E-state index contributed by atoms with van der Waals surface area (Å²) in [6.45, 7) is 0. The highest BCUT2D eigenvalue weighted by Gasteiger charge is 2.54. The molecule has 2 aliphatic rings. The zero-order valence-corrected chi connectivity index (χ0v) is 8.88. The molecule has 0 radical (unpaired) electrons. The normalized spacial score (nSPS) is 39.8. The topological polar surface area (TPSA) is 50.3 Å². The van der Waals surface area contributed by atoms with Crippen molar-refractivity contribution in [2.45, 2.75) is 18.7 Å². The molecular formula is C8H16N4O2. The fraction of sp³-hybridized carbons (Fsp3) is 0.875. The van der Waals surface area contributed by atoms with Crippen molar-refractivity contribution in [3.05, 3.63) is 0 Å². The zero-order chi connectivity index (χ0) is 10.6. The van der Waals surface area contributed by atoms with Crippen molar-refractivity contribution in [3.8, 4) is 0 Å². The van der Waals surface area contributed by atoms with E-state index in [2.05, 4.69) is 0 Å². The van der Waals surface area contributed by atoms with Gasteiger partial charge in [-0.05, 0) is 14.1 Å². The number of carbonyl (C=O) groups excluding carboxylic acids is 1. The Morgan fingerprint density at radius 2 is 1.36 bits per heavy atom. The summed E-state index contributed by atoms with van der Waals surface area (Å²) < 4.78 is 0. The van der Waals surface area contributed by atoms with Gasteiger partial charge in [-0.15, -0.1) is 0 Å². The molecule has 2 atom stereocenters.